The van der Waals surface area contributed by atoms with Crippen LogP contribution in [0.4, 0.5) is 9.59 Å². The number of primary amides is 2. The number of carbonyl (C=O) groups excluding carboxylic acids is 2. The molecular weight excluding hydrogens is 408 g/mol. The molecule has 0 bridgehead atoms. The Bertz CT molecular complexity index is 508. The fourth-order valence-electron chi connectivity index (χ4n) is 0.985. The van der Waals surface area contributed by atoms with E-state index < -0.39 is 10.5 Å². The van der Waals surface area contributed by atoms with Gasteiger partial charge in [0.05, 0.1) is 0 Å². The van der Waals surface area contributed by atoms with E-state index in [1.165, 1.54) is 0 Å². The SMILES string of the molecule is CNC.N.NC(=O)S.NC(=O)S.c1ccccc1.c1ccccc1.c1cn[nH]c1. The number of carbonyl (C=O) groups is 2. The molecule has 3 aromatic rings. The van der Waals surface area contributed by atoms with Crippen molar-refractivity contribution in [2.75, 3.05) is 14.1 Å². The first-order valence-corrected chi connectivity index (χ1v) is 8.76. The lowest BCUT2D eigenvalue weighted by molar-refractivity contribution is 0.266. The van der Waals surface area contributed by atoms with E-state index in [9.17, 15) is 0 Å². The summed E-state index contributed by atoms with van der Waals surface area (Å²) in [4.78, 5) is 18.2. The molecule has 10 heteroatoms. The fourth-order valence-corrected chi connectivity index (χ4v) is 0.985. The van der Waals surface area contributed by atoms with E-state index in [0.29, 0.717) is 0 Å². The third-order valence-corrected chi connectivity index (χ3v) is 1.74. The molecule has 29 heavy (non-hydrogen) atoms. The van der Waals surface area contributed by atoms with E-state index in [1.54, 1.807) is 12.4 Å². The Morgan fingerprint density at radius 2 is 0.931 bits per heavy atom. The van der Waals surface area contributed by atoms with Gasteiger partial charge in [0.25, 0.3) is 10.5 Å². The van der Waals surface area contributed by atoms with Crippen LogP contribution in [-0.2, 0) is 0 Å². The van der Waals surface area contributed by atoms with Gasteiger partial charge in [0.15, 0.2) is 0 Å². The summed E-state index contributed by atoms with van der Waals surface area (Å²) in [6.07, 6.45) is 3.46. The van der Waals surface area contributed by atoms with E-state index in [4.69, 9.17) is 9.59 Å². The monoisotopic (exact) mass is 440 g/mol. The molecule has 0 aliphatic carbocycles. The molecular formula is C19H32N6O2S2. The van der Waals surface area contributed by atoms with Crippen LogP contribution in [0.5, 0.6) is 0 Å². The Morgan fingerprint density at radius 1 is 0.724 bits per heavy atom. The van der Waals surface area contributed by atoms with Gasteiger partial charge in [0, 0.05) is 12.4 Å². The molecule has 1 aromatic heterocycles. The van der Waals surface area contributed by atoms with Crippen molar-refractivity contribution in [1.82, 2.24) is 21.7 Å². The number of aromatic amines is 1. The highest BCUT2D eigenvalue weighted by Gasteiger charge is 1.63. The molecule has 0 radical (unpaired) electrons. The summed E-state index contributed by atoms with van der Waals surface area (Å²) in [7, 11) is 3.75. The number of hydrogen-bond acceptors (Lipinski definition) is 5. The highest BCUT2D eigenvalue weighted by Crippen LogP contribution is 1.80. The van der Waals surface area contributed by atoms with Gasteiger partial charge < -0.3 is 22.9 Å². The summed E-state index contributed by atoms with van der Waals surface area (Å²) in [6.45, 7) is 0. The predicted octanol–water partition coefficient (Wildman–Crippen LogP) is 3.77. The van der Waals surface area contributed by atoms with Crippen LogP contribution in [-0.4, -0.2) is 34.8 Å². The summed E-state index contributed by atoms with van der Waals surface area (Å²) in [5.41, 5.74) is 8.67. The highest BCUT2D eigenvalue weighted by molar-refractivity contribution is 7.96. The predicted molar refractivity (Wildman–Crippen MR) is 129 cm³/mol. The Kier molecular flexibility index (Phi) is 38.2. The van der Waals surface area contributed by atoms with Gasteiger partial charge in [-0.2, -0.15) is 5.10 Å². The third-order valence-electron chi connectivity index (χ3n) is 1.74. The lowest BCUT2D eigenvalue weighted by atomic mass is 10.4. The molecule has 9 N–H and O–H groups in total. The molecule has 0 saturated heterocycles. The van der Waals surface area contributed by atoms with Crippen molar-refractivity contribution in [3.63, 3.8) is 0 Å². The molecule has 0 fully saturated rings. The number of amides is 2. The number of benzene rings is 2. The normalized spacial score (nSPS) is 7.03. The van der Waals surface area contributed by atoms with Crippen molar-refractivity contribution < 1.29 is 9.59 Å². The van der Waals surface area contributed by atoms with Crippen LogP contribution in [0, 0.1) is 0 Å². The van der Waals surface area contributed by atoms with Crippen molar-refractivity contribution in [1.29, 1.82) is 0 Å². The van der Waals surface area contributed by atoms with Gasteiger partial charge in [-0.3, -0.25) is 14.7 Å². The minimum absolute atomic E-state index is 0. The number of aromatic nitrogens is 2. The van der Waals surface area contributed by atoms with Crippen LogP contribution in [0.3, 0.4) is 0 Å². The number of rotatable bonds is 0. The van der Waals surface area contributed by atoms with Gasteiger partial charge in [-0.15, -0.1) is 0 Å². The first kappa shape index (κ1) is 33.8. The minimum Gasteiger partial charge on any atom is -0.361 e. The number of nitrogens with two attached hydrogens (primary N) is 2. The second-order valence-electron chi connectivity index (χ2n) is 4.25. The Morgan fingerprint density at radius 3 is 1.00 bits per heavy atom. The summed E-state index contributed by atoms with van der Waals surface area (Å²) in [6, 6.07) is 25.8. The largest absolute Gasteiger partial charge is 0.361 e. The second-order valence-corrected chi connectivity index (χ2v) is 5.13. The zero-order valence-electron chi connectivity index (χ0n) is 16.7. The minimum atomic E-state index is -0.639. The number of hydrogen-bond donors (Lipinski definition) is 7. The van der Waals surface area contributed by atoms with Gasteiger partial charge in [-0.05, 0) is 20.2 Å². The fraction of sp³-hybridized carbons (Fsp3) is 0.105. The lowest BCUT2D eigenvalue weighted by Gasteiger charge is -1.69. The molecule has 1 heterocycles. The lowest BCUT2D eigenvalue weighted by Crippen LogP contribution is -1.95. The van der Waals surface area contributed by atoms with Gasteiger partial charge in [0.2, 0.25) is 0 Å². The van der Waals surface area contributed by atoms with Crippen LogP contribution in [0.2, 0.25) is 0 Å². The van der Waals surface area contributed by atoms with E-state index in [0.717, 1.165) is 0 Å². The van der Waals surface area contributed by atoms with Crippen LogP contribution in [0.15, 0.2) is 91.3 Å². The maximum absolute atomic E-state index is 9.09. The van der Waals surface area contributed by atoms with E-state index in [2.05, 4.69) is 52.2 Å². The molecule has 0 aliphatic heterocycles. The van der Waals surface area contributed by atoms with Crippen LogP contribution >= 0.6 is 25.3 Å². The van der Waals surface area contributed by atoms with Crippen molar-refractivity contribution in [2.24, 2.45) is 11.5 Å². The number of H-pyrrole nitrogens is 1. The van der Waals surface area contributed by atoms with E-state index >= 15 is 0 Å². The Labute approximate surface area is 183 Å². The van der Waals surface area contributed by atoms with Gasteiger partial charge in [0.1, 0.15) is 0 Å². The zero-order chi connectivity index (χ0) is 21.9. The average molecular weight is 441 g/mol. The van der Waals surface area contributed by atoms with E-state index in [-0.39, 0.29) is 6.15 Å². The Balaban J connectivity index is -0.000000131. The summed E-state index contributed by atoms with van der Waals surface area (Å²) < 4.78 is 0. The molecule has 0 saturated carbocycles. The maximum Gasteiger partial charge on any atom is 0.273 e. The number of nitrogens with one attached hydrogen (secondary N) is 2. The zero-order valence-corrected chi connectivity index (χ0v) is 18.5. The van der Waals surface area contributed by atoms with Crippen molar-refractivity contribution in [3.8, 4) is 0 Å². The molecule has 8 nitrogen and oxygen atoms in total. The van der Waals surface area contributed by atoms with Gasteiger partial charge in [-0.1, -0.05) is 98.1 Å². The number of thiol groups is 2. The van der Waals surface area contributed by atoms with Crippen LogP contribution in [0.25, 0.3) is 0 Å². The van der Waals surface area contributed by atoms with Crippen molar-refractivity contribution in [2.45, 2.75) is 0 Å². The summed E-state index contributed by atoms with van der Waals surface area (Å²) in [5.74, 6) is 0. The summed E-state index contributed by atoms with van der Waals surface area (Å²) in [5, 5.41) is 7.68. The first-order chi connectivity index (χ1) is 13.4. The maximum atomic E-state index is 9.09. The molecule has 162 valence electrons. The second kappa shape index (κ2) is 32.8. The average Bonchev–Trinajstić information content (AvgIpc) is 3.25. The van der Waals surface area contributed by atoms with Gasteiger partial charge >= 0.3 is 0 Å². The summed E-state index contributed by atoms with van der Waals surface area (Å²) >= 11 is 6.21. The highest BCUT2D eigenvalue weighted by atomic mass is 32.1. The molecule has 2 amide bonds. The third kappa shape index (κ3) is 67.3. The molecule has 0 aliphatic rings. The molecule has 0 atom stereocenters. The quantitative estimate of drug-likeness (QED) is 0.264. The van der Waals surface area contributed by atoms with Crippen LogP contribution < -0.4 is 22.9 Å². The topological polar surface area (TPSA) is 162 Å². The smallest absolute Gasteiger partial charge is 0.273 e. The standard InChI is InChI=1S/2C6H6.C3H4N2.C2H7N.2CH3NOS.H3N/c2*1-2-4-6-5-3-1;1-2-4-5-3-1;1-3-2;2*2-1(3)4;/h2*1-6H;1-3H,(H,4,5);3H,1-2H3;2*(H3,2,3,4);1H3. The number of nitrogens with zero attached hydrogens (tertiary/aromatic N) is 1. The Hall–Kier alpha value is -2.79. The molecule has 2 aromatic carbocycles. The van der Waals surface area contributed by atoms with E-state index in [1.807, 2.05) is 93.0 Å². The molecule has 3 rings (SSSR count). The van der Waals surface area contributed by atoms with Crippen LogP contribution in [0.1, 0.15) is 0 Å². The molecule has 0 unspecified atom stereocenters. The first-order valence-electron chi connectivity index (χ1n) is 7.87. The van der Waals surface area contributed by atoms with Gasteiger partial charge in [-0.25, -0.2) is 0 Å². The molecule has 0 spiro atoms. The van der Waals surface area contributed by atoms with Crippen molar-refractivity contribution in [3.05, 3.63) is 91.3 Å². The van der Waals surface area contributed by atoms with Crippen molar-refractivity contribution >= 4 is 35.7 Å².